The van der Waals surface area contributed by atoms with Gasteiger partial charge in [-0.05, 0) is 6.42 Å². The van der Waals surface area contributed by atoms with E-state index in [9.17, 15) is 4.79 Å². The second kappa shape index (κ2) is 4.82. The molecule has 0 aliphatic rings. The number of hydrogen-bond acceptors (Lipinski definition) is 1. The number of terminal acetylenes is 1. The van der Waals surface area contributed by atoms with Crippen molar-refractivity contribution in [3.8, 4) is 12.3 Å². The number of nitrogens with one attached hydrogen (secondary N) is 1. The summed E-state index contributed by atoms with van der Waals surface area (Å²) in [5.74, 6) is 2.56. The van der Waals surface area contributed by atoms with Crippen molar-refractivity contribution in [1.29, 1.82) is 0 Å². The minimum atomic E-state index is -0.269. The van der Waals surface area contributed by atoms with Crippen molar-refractivity contribution in [3.63, 3.8) is 0 Å². The minimum Gasteiger partial charge on any atom is -0.355 e. The summed E-state index contributed by atoms with van der Waals surface area (Å²) in [7, 11) is 0. The Kier molecular flexibility index (Phi) is 4.43. The van der Waals surface area contributed by atoms with Crippen LogP contribution in [-0.2, 0) is 4.79 Å². The van der Waals surface area contributed by atoms with Crippen LogP contribution in [0.1, 0.15) is 33.6 Å². The molecule has 0 rings (SSSR count). The molecule has 0 spiro atoms. The number of rotatable bonds is 4. The lowest BCUT2D eigenvalue weighted by Gasteiger charge is -2.20. The predicted molar refractivity (Wildman–Crippen MR) is 50.5 cm³/mol. The highest BCUT2D eigenvalue weighted by atomic mass is 16.2. The maximum absolute atomic E-state index is 11.4. The molecule has 0 aromatic carbocycles. The highest BCUT2D eigenvalue weighted by Crippen LogP contribution is 2.18. The summed E-state index contributed by atoms with van der Waals surface area (Å²) in [6.07, 6.45) is 6.50. The van der Waals surface area contributed by atoms with Gasteiger partial charge in [-0.2, -0.15) is 0 Å². The third-order valence-electron chi connectivity index (χ3n) is 2.05. The zero-order chi connectivity index (χ0) is 9.61. The molecule has 1 N–H and O–H groups in total. The zero-order valence-corrected chi connectivity index (χ0v) is 8.11. The predicted octanol–water partition coefficient (Wildman–Crippen LogP) is 1.56. The van der Waals surface area contributed by atoms with E-state index in [0.717, 1.165) is 6.42 Å². The van der Waals surface area contributed by atoms with Gasteiger partial charge in [-0.3, -0.25) is 4.79 Å². The van der Waals surface area contributed by atoms with E-state index in [4.69, 9.17) is 6.42 Å². The van der Waals surface area contributed by atoms with Crippen molar-refractivity contribution in [1.82, 2.24) is 5.32 Å². The van der Waals surface area contributed by atoms with Crippen molar-refractivity contribution in [2.75, 3.05) is 6.54 Å². The number of carbonyl (C=O) groups excluding carboxylic acids is 1. The fourth-order valence-corrected chi connectivity index (χ4v) is 0.648. The molecule has 0 saturated carbocycles. The van der Waals surface area contributed by atoms with Crippen LogP contribution in [0, 0.1) is 17.8 Å². The molecule has 2 heteroatoms. The van der Waals surface area contributed by atoms with Crippen LogP contribution in [0.25, 0.3) is 0 Å². The van der Waals surface area contributed by atoms with E-state index in [0.29, 0.717) is 13.0 Å². The van der Waals surface area contributed by atoms with Crippen molar-refractivity contribution in [2.24, 2.45) is 5.41 Å². The molecular weight excluding hydrogens is 150 g/mol. The first kappa shape index (κ1) is 11.0. The van der Waals surface area contributed by atoms with E-state index >= 15 is 0 Å². The van der Waals surface area contributed by atoms with E-state index in [-0.39, 0.29) is 11.3 Å². The molecule has 0 radical (unpaired) electrons. The average Bonchev–Trinajstić information content (AvgIpc) is 2.05. The summed E-state index contributed by atoms with van der Waals surface area (Å²) in [5, 5.41) is 2.79. The lowest BCUT2D eigenvalue weighted by molar-refractivity contribution is -0.129. The molecule has 0 aliphatic carbocycles. The first-order valence-corrected chi connectivity index (χ1v) is 4.26. The topological polar surface area (TPSA) is 29.1 Å². The van der Waals surface area contributed by atoms with E-state index in [2.05, 4.69) is 11.2 Å². The molecule has 0 fully saturated rings. The van der Waals surface area contributed by atoms with E-state index in [1.54, 1.807) is 0 Å². The molecule has 0 aromatic rings. The molecule has 0 heterocycles. The van der Waals surface area contributed by atoms with Crippen LogP contribution in [0.2, 0.25) is 0 Å². The average molecular weight is 167 g/mol. The normalized spacial score (nSPS) is 10.5. The monoisotopic (exact) mass is 167 g/mol. The van der Waals surface area contributed by atoms with Crippen molar-refractivity contribution < 1.29 is 4.79 Å². The number of carbonyl (C=O) groups is 1. The lowest BCUT2D eigenvalue weighted by Crippen LogP contribution is -2.36. The quantitative estimate of drug-likeness (QED) is 0.499. The van der Waals surface area contributed by atoms with E-state index < -0.39 is 0 Å². The fraction of sp³-hybridized carbons (Fsp3) is 0.700. The van der Waals surface area contributed by atoms with Gasteiger partial charge in [0.05, 0.1) is 0 Å². The van der Waals surface area contributed by atoms with Crippen LogP contribution < -0.4 is 5.32 Å². The maximum atomic E-state index is 11.4. The highest BCUT2D eigenvalue weighted by Gasteiger charge is 2.24. The van der Waals surface area contributed by atoms with Gasteiger partial charge in [0.1, 0.15) is 0 Å². The first-order chi connectivity index (χ1) is 5.54. The Morgan fingerprint density at radius 3 is 2.58 bits per heavy atom. The summed E-state index contributed by atoms with van der Waals surface area (Å²) >= 11 is 0. The Labute approximate surface area is 74.7 Å². The molecule has 0 atom stereocenters. The first-order valence-electron chi connectivity index (χ1n) is 4.26. The molecule has 1 amide bonds. The summed E-state index contributed by atoms with van der Waals surface area (Å²) in [4.78, 5) is 11.4. The lowest BCUT2D eigenvalue weighted by atomic mass is 9.89. The Morgan fingerprint density at radius 2 is 2.17 bits per heavy atom. The van der Waals surface area contributed by atoms with E-state index in [1.165, 1.54) is 0 Å². The largest absolute Gasteiger partial charge is 0.355 e. The fourth-order valence-electron chi connectivity index (χ4n) is 0.648. The summed E-state index contributed by atoms with van der Waals surface area (Å²) in [5.41, 5.74) is -0.269. The number of hydrogen-bond donors (Lipinski definition) is 1. The second-order valence-corrected chi connectivity index (χ2v) is 3.45. The van der Waals surface area contributed by atoms with Gasteiger partial charge in [0.2, 0.25) is 5.91 Å². The van der Waals surface area contributed by atoms with Crippen LogP contribution in [0.3, 0.4) is 0 Å². The van der Waals surface area contributed by atoms with Gasteiger partial charge in [-0.15, -0.1) is 12.3 Å². The molecule has 2 nitrogen and oxygen atoms in total. The molecule has 68 valence electrons. The summed E-state index contributed by atoms with van der Waals surface area (Å²) < 4.78 is 0. The van der Waals surface area contributed by atoms with Gasteiger partial charge in [0, 0.05) is 18.4 Å². The van der Waals surface area contributed by atoms with Crippen LogP contribution >= 0.6 is 0 Å². The van der Waals surface area contributed by atoms with Crippen molar-refractivity contribution in [3.05, 3.63) is 0 Å². The molecule has 0 unspecified atom stereocenters. The summed E-state index contributed by atoms with van der Waals surface area (Å²) in [6.45, 7) is 6.44. The SMILES string of the molecule is C#CCCNC(=O)C(C)(C)CC. The van der Waals surface area contributed by atoms with E-state index in [1.807, 2.05) is 20.8 Å². The zero-order valence-electron chi connectivity index (χ0n) is 8.11. The standard InChI is InChI=1S/C10H17NO/c1-5-7-8-11-9(12)10(3,4)6-2/h1H,6-8H2,2-4H3,(H,11,12). The summed E-state index contributed by atoms with van der Waals surface area (Å²) in [6, 6.07) is 0. The minimum absolute atomic E-state index is 0.0836. The molecule has 0 saturated heterocycles. The van der Waals surface area contributed by atoms with Gasteiger partial charge < -0.3 is 5.32 Å². The molecule has 0 aliphatic heterocycles. The Balaban J connectivity index is 3.81. The smallest absolute Gasteiger partial charge is 0.225 e. The maximum Gasteiger partial charge on any atom is 0.225 e. The second-order valence-electron chi connectivity index (χ2n) is 3.45. The van der Waals surface area contributed by atoms with Gasteiger partial charge in [-0.25, -0.2) is 0 Å². The van der Waals surface area contributed by atoms with Crippen LogP contribution in [0.4, 0.5) is 0 Å². The van der Waals surface area contributed by atoms with Crippen molar-refractivity contribution in [2.45, 2.75) is 33.6 Å². The van der Waals surface area contributed by atoms with Gasteiger partial charge >= 0.3 is 0 Å². The van der Waals surface area contributed by atoms with Crippen LogP contribution in [0.15, 0.2) is 0 Å². The molecular formula is C10H17NO. The van der Waals surface area contributed by atoms with Gasteiger partial charge in [-0.1, -0.05) is 20.8 Å². The van der Waals surface area contributed by atoms with Gasteiger partial charge in [0.25, 0.3) is 0 Å². The third kappa shape index (κ3) is 3.43. The van der Waals surface area contributed by atoms with Crippen molar-refractivity contribution >= 4 is 5.91 Å². The molecule has 12 heavy (non-hydrogen) atoms. The molecule has 0 bridgehead atoms. The Hall–Kier alpha value is -0.970. The Bertz CT molecular complexity index is 189. The Morgan fingerprint density at radius 1 is 1.58 bits per heavy atom. The van der Waals surface area contributed by atoms with Gasteiger partial charge in [0.15, 0.2) is 0 Å². The third-order valence-corrected chi connectivity index (χ3v) is 2.05. The molecule has 0 aromatic heterocycles. The van der Waals surface area contributed by atoms with Crippen LogP contribution in [-0.4, -0.2) is 12.5 Å². The highest BCUT2D eigenvalue weighted by molar-refractivity contribution is 5.81. The number of amides is 1. The van der Waals surface area contributed by atoms with Crippen LogP contribution in [0.5, 0.6) is 0 Å².